The molecule has 2 aromatic rings. The Morgan fingerprint density at radius 1 is 1.22 bits per heavy atom. The zero-order valence-electron chi connectivity index (χ0n) is 13.6. The van der Waals surface area contributed by atoms with Gasteiger partial charge in [0, 0.05) is 18.2 Å². The van der Waals surface area contributed by atoms with Crippen LogP contribution in [-0.4, -0.2) is 31.0 Å². The van der Waals surface area contributed by atoms with Crippen molar-refractivity contribution in [2.24, 2.45) is 0 Å². The van der Waals surface area contributed by atoms with Crippen molar-refractivity contribution in [2.45, 2.75) is 13.3 Å². The number of nitrogens with zero attached hydrogens (tertiary/aromatic N) is 1. The van der Waals surface area contributed by atoms with E-state index < -0.39 is 0 Å². The van der Waals surface area contributed by atoms with Crippen LogP contribution in [0.25, 0.3) is 0 Å². The monoisotopic (exact) mass is 307 g/mol. The minimum atomic E-state index is -0.0607. The molecule has 0 atom stereocenters. The first-order chi connectivity index (χ1) is 11.2. The van der Waals surface area contributed by atoms with E-state index in [0.29, 0.717) is 24.3 Å². The fourth-order valence-electron chi connectivity index (χ4n) is 2.29. The van der Waals surface area contributed by atoms with E-state index in [-0.39, 0.29) is 5.91 Å². The maximum absolute atomic E-state index is 12.4. The number of para-hydroxylation sites is 1. The molecule has 0 saturated heterocycles. The number of hydrogen-bond donors (Lipinski definition) is 0. The second kappa shape index (κ2) is 8.05. The number of rotatable bonds is 6. The highest BCUT2D eigenvalue weighted by Gasteiger charge is 2.12. The number of aryl methyl sites for hydroxylation is 1. The highest BCUT2D eigenvalue weighted by Crippen LogP contribution is 2.18. The summed E-state index contributed by atoms with van der Waals surface area (Å²) in [5, 5.41) is 0. The van der Waals surface area contributed by atoms with Gasteiger partial charge in [0.1, 0.15) is 12.4 Å². The van der Waals surface area contributed by atoms with Crippen molar-refractivity contribution < 1.29 is 9.53 Å². The van der Waals surface area contributed by atoms with Gasteiger partial charge in [-0.3, -0.25) is 4.79 Å². The van der Waals surface area contributed by atoms with Gasteiger partial charge >= 0.3 is 0 Å². The van der Waals surface area contributed by atoms with Crippen molar-refractivity contribution in [3.8, 4) is 18.1 Å². The topological polar surface area (TPSA) is 29.5 Å². The van der Waals surface area contributed by atoms with Crippen LogP contribution < -0.4 is 4.74 Å². The average molecular weight is 307 g/mol. The molecule has 0 heterocycles. The molecule has 3 heteroatoms. The van der Waals surface area contributed by atoms with Gasteiger partial charge in [-0.15, -0.1) is 6.42 Å². The van der Waals surface area contributed by atoms with Gasteiger partial charge in [-0.1, -0.05) is 37.1 Å². The smallest absolute Gasteiger partial charge is 0.253 e. The van der Waals surface area contributed by atoms with Crippen LogP contribution in [0.1, 0.15) is 28.4 Å². The summed E-state index contributed by atoms with van der Waals surface area (Å²) in [6, 6.07) is 15.1. The fourth-order valence-corrected chi connectivity index (χ4v) is 2.29. The Bertz CT molecular complexity index is 716. The molecule has 0 aliphatic heterocycles. The Morgan fingerprint density at radius 2 is 2.00 bits per heavy atom. The van der Waals surface area contributed by atoms with Gasteiger partial charge in [-0.25, -0.2) is 0 Å². The first kappa shape index (κ1) is 16.6. The summed E-state index contributed by atoms with van der Waals surface area (Å²) in [5.74, 6) is 3.36. The summed E-state index contributed by atoms with van der Waals surface area (Å²) in [7, 11) is 1.76. The summed E-state index contributed by atoms with van der Waals surface area (Å²) < 4.78 is 5.80. The van der Waals surface area contributed by atoms with Gasteiger partial charge < -0.3 is 9.64 Å². The number of hydrogen-bond acceptors (Lipinski definition) is 2. The van der Waals surface area contributed by atoms with E-state index in [1.165, 1.54) is 5.56 Å². The lowest BCUT2D eigenvalue weighted by atomic mass is 10.1. The van der Waals surface area contributed by atoms with Crippen molar-refractivity contribution in [1.82, 2.24) is 4.90 Å². The van der Waals surface area contributed by atoms with Gasteiger partial charge in [0.25, 0.3) is 5.91 Å². The molecule has 23 heavy (non-hydrogen) atoms. The van der Waals surface area contributed by atoms with Gasteiger partial charge in [0.2, 0.25) is 0 Å². The Morgan fingerprint density at radius 3 is 2.74 bits per heavy atom. The largest absolute Gasteiger partial charge is 0.491 e. The Kier molecular flexibility index (Phi) is 5.82. The lowest BCUT2D eigenvalue weighted by Crippen LogP contribution is -2.31. The minimum absolute atomic E-state index is 0.0607. The standard InChI is InChI=1S/C20H21NO2/c1-4-16-9-8-11-18(15-16)20(22)21(3)13-14-23-19-12-7-6-10-17(19)5-2/h1,6-12,15H,5,13-14H2,2-3H3. The van der Waals surface area contributed by atoms with Crippen LogP contribution >= 0.6 is 0 Å². The maximum atomic E-state index is 12.4. The molecule has 0 radical (unpaired) electrons. The van der Waals surface area contributed by atoms with Crippen LogP contribution in [0.15, 0.2) is 48.5 Å². The number of benzene rings is 2. The minimum Gasteiger partial charge on any atom is -0.491 e. The second-order valence-corrected chi connectivity index (χ2v) is 5.26. The zero-order chi connectivity index (χ0) is 16.7. The molecule has 0 bridgehead atoms. The summed E-state index contributed by atoms with van der Waals surface area (Å²) in [4.78, 5) is 14.0. The third-order valence-corrected chi connectivity index (χ3v) is 3.66. The average Bonchev–Trinajstić information content (AvgIpc) is 2.61. The third-order valence-electron chi connectivity index (χ3n) is 3.66. The van der Waals surface area contributed by atoms with E-state index in [9.17, 15) is 4.79 Å². The molecular formula is C20H21NO2. The molecule has 2 aromatic carbocycles. The predicted octanol–water partition coefficient (Wildman–Crippen LogP) is 3.38. The molecule has 0 N–H and O–H groups in total. The lowest BCUT2D eigenvalue weighted by Gasteiger charge is -2.18. The van der Waals surface area contributed by atoms with Crippen molar-refractivity contribution in [1.29, 1.82) is 0 Å². The van der Waals surface area contributed by atoms with E-state index in [0.717, 1.165) is 12.2 Å². The molecular weight excluding hydrogens is 286 g/mol. The van der Waals surface area contributed by atoms with Gasteiger partial charge in [-0.2, -0.15) is 0 Å². The first-order valence-corrected chi connectivity index (χ1v) is 7.68. The number of amides is 1. The number of carbonyl (C=O) groups is 1. The second-order valence-electron chi connectivity index (χ2n) is 5.26. The maximum Gasteiger partial charge on any atom is 0.253 e. The highest BCUT2D eigenvalue weighted by molar-refractivity contribution is 5.94. The molecule has 0 fully saturated rings. The fraction of sp³-hybridized carbons (Fsp3) is 0.250. The number of terminal acetylenes is 1. The van der Waals surface area contributed by atoms with Crippen LogP contribution in [0.5, 0.6) is 5.75 Å². The molecule has 0 aromatic heterocycles. The summed E-state index contributed by atoms with van der Waals surface area (Å²) in [6.45, 7) is 3.06. The lowest BCUT2D eigenvalue weighted by molar-refractivity contribution is 0.0773. The first-order valence-electron chi connectivity index (χ1n) is 7.68. The molecule has 0 unspecified atom stereocenters. The van der Waals surface area contributed by atoms with Gasteiger partial charge in [0.05, 0.1) is 6.54 Å². The summed E-state index contributed by atoms with van der Waals surface area (Å²) >= 11 is 0. The Hall–Kier alpha value is -2.73. The van der Waals surface area contributed by atoms with Crippen LogP contribution in [-0.2, 0) is 6.42 Å². The van der Waals surface area contributed by atoms with Crippen LogP contribution in [0, 0.1) is 12.3 Å². The molecule has 0 spiro atoms. The molecule has 3 nitrogen and oxygen atoms in total. The number of ether oxygens (including phenoxy) is 1. The Labute approximate surface area is 137 Å². The van der Waals surface area contributed by atoms with Gasteiger partial charge in [0.15, 0.2) is 0 Å². The van der Waals surface area contributed by atoms with Crippen LogP contribution in [0.4, 0.5) is 0 Å². The molecule has 0 saturated carbocycles. The van der Waals surface area contributed by atoms with E-state index in [4.69, 9.17) is 11.2 Å². The number of carbonyl (C=O) groups excluding carboxylic acids is 1. The molecule has 0 aliphatic carbocycles. The molecule has 2 rings (SSSR count). The molecule has 0 aliphatic rings. The quantitative estimate of drug-likeness (QED) is 0.766. The SMILES string of the molecule is C#Cc1cccc(C(=O)N(C)CCOc2ccccc2CC)c1. The normalized spacial score (nSPS) is 9.96. The van der Waals surface area contributed by atoms with E-state index in [1.54, 1.807) is 30.1 Å². The van der Waals surface area contributed by atoms with Crippen LogP contribution in [0.2, 0.25) is 0 Å². The molecule has 118 valence electrons. The van der Waals surface area contributed by atoms with Crippen molar-refractivity contribution in [3.63, 3.8) is 0 Å². The Balaban J connectivity index is 1.93. The molecule has 1 amide bonds. The zero-order valence-corrected chi connectivity index (χ0v) is 13.6. The van der Waals surface area contributed by atoms with Gasteiger partial charge in [-0.05, 0) is 36.2 Å². The highest BCUT2D eigenvalue weighted by atomic mass is 16.5. The van der Waals surface area contributed by atoms with Crippen molar-refractivity contribution in [3.05, 3.63) is 65.2 Å². The van der Waals surface area contributed by atoms with Crippen molar-refractivity contribution in [2.75, 3.05) is 20.2 Å². The summed E-state index contributed by atoms with van der Waals surface area (Å²) in [5.41, 5.74) is 2.47. The third kappa shape index (κ3) is 4.37. The summed E-state index contributed by atoms with van der Waals surface area (Å²) in [6.07, 6.45) is 6.29. The number of likely N-dealkylation sites (N-methyl/N-ethyl adjacent to an activating group) is 1. The van der Waals surface area contributed by atoms with Crippen LogP contribution in [0.3, 0.4) is 0 Å². The predicted molar refractivity (Wildman–Crippen MR) is 92.7 cm³/mol. The van der Waals surface area contributed by atoms with E-state index in [2.05, 4.69) is 18.9 Å². The van der Waals surface area contributed by atoms with E-state index >= 15 is 0 Å². The van der Waals surface area contributed by atoms with E-state index in [1.807, 2.05) is 24.3 Å². The van der Waals surface area contributed by atoms with Crippen molar-refractivity contribution >= 4 is 5.91 Å².